The predicted octanol–water partition coefficient (Wildman–Crippen LogP) is 1.43. The molecular formula is C15H16N4OS. The monoisotopic (exact) mass is 300 g/mol. The summed E-state index contributed by atoms with van der Waals surface area (Å²) < 4.78 is 0. The van der Waals surface area contributed by atoms with Crippen molar-refractivity contribution in [2.24, 2.45) is 5.73 Å². The van der Waals surface area contributed by atoms with Crippen LogP contribution in [0.4, 0.5) is 0 Å². The quantitative estimate of drug-likeness (QED) is 0.870. The molecule has 2 heterocycles. The molecule has 0 atom stereocenters. The summed E-state index contributed by atoms with van der Waals surface area (Å²) in [6.45, 7) is 2.66. The maximum Gasteiger partial charge on any atom is 0.255 e. The molecule has 0 aliphatic carbocycles. The zero-order valence-electron chi connectivity index (χ0n) is 12.0. The number of carbonyl (C=O) groups is 1. The number of carbonyl (C=O) groups excluding carboxylic acids is 1. The smallest absolute Gasteiger partial charge is 0.255 e. The second kappa shape index (κ2) is 6.97. The van der Waals surface area contributed by atoms with Gasteiger partial charge in [0, 0.05) is 24.8 Å². The number of nitrogens with zero attached hydrogens (tertiary/aromatic N) is 3. The number of hydrogen-bond donors (Lipinski definition) is 1. The van der Waals surface area contributed by atoms with Gasteiger partial charge in [-0.15, -0.1) is 11.3 Å². The molecule has 2 N–H and O–H groups in total. The van der Waals surface area contributed by atoms with Crippen molar-refractivity contribution in [1.29, 1.82) is 0 Å². The highest BCUT2D eigenvalue weighted by Crippen LogP contribution is 2.13. The highest BCUT2D eigenvalue weighted by Gasteiger charge is 2.16. The second-order valence-electron chi connectivity index (χ2n) is 4.45. The number of pyridine rings is 1. The van der Waals surface area contributed by atoms with Crippen molar-refractivity contribution in [2.75, 3.05) is 13.6 Å². The molecule has 0 spiro atoms. The molecule has 0 aliphatic rings. The summed E-state index contributed by atoms with van der Waals surface area (Å²) in [7, 11) is 1.75. The van der Waals surface area contributed by atoms with E-state index in [2.05, 4.69) is 21.8 Å². The van der Waals surface area contributed by atoms with Gasteiger partial charge in [0.1, 0.15) is 0 Å². The van der Waals surface area contributed by atoms with E-state index in [0.717, 1.165) is 10.7 Å². The Balaban J connectivity index is 2.19. The standard InChI is InChI=1S/C15H16N4OS/c1-11-18-13(10-21-11)9-19(2)15(20)14-5-7-17-8-12(14)4-3-6-16/h5,7-8,10H,6,9,16H2,1-2H3. The van der Waals surface area contributed by atoms with E-state index in [9.17, 15) is 4.79 Å². The summed E-state index contributed by atoms with van der Waals surface area (Å²) in [6, 6.07) is 1.67. The van der Waals surface area contributed by atoms with Crippen molar-refractivity contribution < 1.29 is 4.79 Å². The lowest BCUT2D eigenvalue weighted by Crippen LogP contribution is -2.27. The van der Waals surface area contributed by atoms with Crippen molar-refractivity contribution in [2.45, 2.75) is 13.5 Å². The van der Waals surface area contributed by atoms with Crippen LogP contribution >= 0.6 is 11.3 Å². The predicted molar refractivity (Wildman–Crippen MR) is 82.8 cm³/mol. The molecule has 5 nitrogen and oxygen atoms in total. The number of aryl methyl sites for hydroxylation is 1. The lowest BCUT2D eigenvalue weighted by molar-refractivity contribution is 0.0783. The van der Waals surface area contributed by atoms with Gasteiger partial charge in [0.2, 0.25) is 0 Å². The van der Waals surface area contributed by atoms with Crippen molar-refractivity contribution in [1.82, 2.24) is 14.9 Å². The van der Waals surface area contributed by atoms with Crippen LogP contribution in [0.25, 0.3) is 0 Å². The van der Waals surface area contributed by atoms with E-state index >= 15 is 0 Å². The Morgan fingerprint density at radius 2 is 2.33 bits per heavy atom. The van der Waals surface area contributed by atoms with Crippen LogP contribution in [0, 0.1) is 18.8 Å². The van der Waals surface area contributed by atoms with Crippen LogP contribution in [0.1, 0.15) is 26.6 Å². The first kappa shape index (κ1) is 15.2. The van der Waals surface area contributed by atoms with Gasteiger partial charge in [0.05, 0.1) is 34.9 Å². The molecule has 0 saturated carbocycles. The summed E-state index contributed by atoms with van der Waals surface area (Å²) in [5, 5.41) is 2.95. The first-order valence-corrected chi connectivity index (χ1v) is 7.29. The number of thiazole rings is 1. The molecule has 0 saturated heterocycles. The Bertz CT molecular complexity index is 699. The van der Waals surface area contributed by atoms with Gasteiger partial charge in [0.25, 0.3) is 5.91 Å². The number of aromatic nitrogens is 2. The van der Waals surface area contributed by atoms with Crippen LogP contribution in [0.15, 0.2) is 23.8 Å². The van der Waals surface area contributed by atoms with Crippen LogP contribution in [0.5, 0.6) is 0 Å². The molecule has 0 bridgehead atoms. The van der Waals surface area contributed by atoms with Crippen LogP contribution in [0.3, 0.4) is 0 Å². The third kappa shape index (κ3) is 3.88. The molecule has 0 unspecified atom stereocenters. The highest BCUT2D eigenvalue weighted by atomic mass is 32.1. The zero-order valence-corrected chi connectivity index (χ0v) is 12.8. The molecule has 2 aromatic heterocycles. The van der Waals surface area contributed by atoms with Gasteiger partial charge in [0.15, 0.2) is 0 Å². The van der Waals surface area contributed by atoms with Gasteiger partial charge < -0.3 is 10.6 Å². The van der Waals surface area contributed by atoms with Crippen LogP contribution in [-0.2, 0) is 6.54 Å². The van der Waals surface area contributed by atoms with E-state index in [-0.39, 0.29) is 12.5 Å². The van der Waals surface area contributed by atoms with Crippen molar-refractivity contribution in [3.63, 3.8) is 0 Å². The van der Waals surface area contributed by atoms with E-state index in [4.69, 9.17) is 5.73 Å². The topological polar surface area (TPSA) is 72.1 Å². The minimum absolute atomic E-state index is 0.107. The largest absolute Gasteiger partial charge is 0.336 e. The van der Waals surface area contributed by atoms with E-state index in [0.29, 0.717) is 17.7 Å². The number of amides is 1. The molecule has 2 aromatic rings. The molecule has 0 aliphatic heterocycles. The Morgan fingerprint density at radius 3 is 3.00 bits per heavy atom. The highest BCUT2D eigenvalue weighted by molar-refractivity contribution is 7.09. The Labute approximate surface area is 127 Å². The lowest BCUT2D eigenvalue weighted by atomic mass is 10.1. The Hall–Kier alpha value is -2.23. The van der Waals surface area contributed by atoms with Crippen molar-refractivity contribution in [3.8, 4) is 11.8 Å². The van der Waals surface area contributed by atoms with E-state index < -0.39 is 0 Å². The molecule has 0 radical (unpaired) electrons. The maximum atomic E-state index is 12.5. The summed E-state index contributed by atoms with van der Waals surface area (Å²) in [5.74, 6) is 5.52. The number of nitrogens with two attached hydrogens (primary N) is 1. The summed E-state index contributed by atoms with van der Waals surface area (Å²) in [4.78, 5) is 22.5. The van der Waals surface area contributed by atoms with E-state index in [1.807, 2.05) is 12.3 Å². The van der Waals surface area contributed by atoms with Gasteiger partial charge >= 0.3 is 0 Å². The van der Waals surface area contributed by atoms with Crippen molar-refractivity contribution in [3.05, 3.63) is 45.7 Å². The fourth-order valence-corrected chi connectivity index (χ4v) is 2.43. The van der Waals surface area contributed by atoms with Crippen molar-refractivity contribution >= 4 is 17.2 Å². The third-order valence-corrected chi connectivity index (χ3v) is 3.61. The van der Waals surface area contributed by atoms with Gasteiger partial charge in [-0.2, -0.15) is 0 Å². The maximum absolute atomic E-state index is 12.5. The second-order valence-corrected chi connectivity index (χ2v) is 5.51. The normalized spacial score (nSPS) is 9.86. The van der Waals surface area contributed by atoms with E-state index in [1.54, 1.807) is 41.7 Å². The van der Waals surface area contributed by atoms with Gasteiger partial charge in [-0.05, 0) is 13.0 Å². The minimum Gasteiger partial charge on any atom is -0.336 e. The van der Waals surface area contributed by atoms with Gasteiger partial charge in [-0.25, -0.2) is 4.98 Å². The molecule has 0 fully saturated rings. The molecule has 2 rings (SSSR count). The average Bonchev–Trinajstić information content (AvgIpc) is 2.89. The van der Waals surface area contributed by atoms with Crippen LogP contribution < -0.4 is 5.73 Å². The first-order valence-electron chi connectivity index (χ1n) is 6.41. The van der Waals surface area contributed by atoms with Gasteiger partial charge in [-0.3, -0.25) is 9.78 Å². The van der Waals surface area contributed by atoms with E-state index in [1.165, 1.54) is 0 Å². The molecule has 0 aromatic carbocycles. The lowest BCUT2D eigenvalue weighted by Gasteiger charge is -2.16. The molecule has 21 heavy (non-hydrogen) atoms. The molecule has 1 amide bonds. The SMILES string of the molecule is Cc1nc(CN(C)C(=O)c2ccncc2C#CCN)cs1. The Morgan fingerprint density at radius 1 is 1.52 bits per heavy atom. The average molecular weight is 300 g/mol. The number of rotatable bonds is 3. The zero-order chi connectivity index (χ0) is 15.2. The number of hydrogen-bond acceptors (Lipinski definition) is 5. The Kier molecular flexibility index (Phi) is 5.04. The summed E-state index contributed by atoms with van der Waals surface area (Å²) in [5.41, 5.74) is 7.38. The molecule has 108 valence electrons. The van der Waals surface area contributed by atoms with Gasteiger partial charge in [-0.1, -0.05) is 11.8 Å². The van der Waals surface area contributed by atoms with Crippen LogP contribution in [0.2, 0.25) is 0 Å². The first-order chi connectivity index (χ1) is 10.1. The summed E-state index contributed by atoms with van der Waals surface area (Å²) >= 11 is 1.57. The fourth-order valence-electron chi connectivity index (χ4n) is 1.83. The fraction of sp³-hybridized carbons (Fsp3) is 0.267. The summed E-state index contributed by atoms with van der Waals surface area (Å²) in [6.07, 6.45) is 3.17. The minimum atomic E-state index is -0.107. The third-order valence-electron chi connectivity index (χ3n) is 2.79. The molecule has 6 heteroatoms. The van der Waals surface area contributed by atoms with Crippen LogP contribution in [-0.4, -0.2) is 34.4 Å². The molecular weight excluding hydrogens is 284 g/mol.